The number of benzene rings is 2. The van der Waals surface area contributed by atoms with E-state index in [1.54, 1.807) is 11.8 Å². The van der Waals surface area contributed by atoms with Crippen molar-refractivity contribution in [3.8, 4) is 5.75 Å². The number of halogens is 1. The second kappa shape index (κ2) is 9.89. The van der Waals surface area contributed by atoms with E-state index in [0.717, 1.165) is 32.5 Å². The van der Waals surface area contributed by atoms with Crippen LogP contribution in [-0.4, -0.2) is 27.7 Å². The summed E-state index contributed by atoms with van der Waals surface area (Å²) >= 11 is 5.10. The highest BCUT2D eigenvalue weighted by atomic mass is 79.9. The maximum absolute atomic E-state index is 5.49. The number of rotatable bonds is 8. The maximum atomic E-state index is 5.49. The molecule has 0 aliphatic heterocycles. The summed E-state index contributed by atoms with van der Waals surface area (Å²) in [7, 11) is 0. The van der Waals surface area contributed by atoms with Gasteiger partial charge in [0.25, 0.3) is 0 Å². The number of hydrogen-bond acceptors (Lipinski definition) is 5. The zero-order valence-corrected chi connectivity index (χ0v) is 18.6. The summed E-state index contributed by atoms with van der Waals surface area (Å²) in [6.07, 6.45) is 1.83. The smallest absolute Gasteiger partial charge is 0.212 e. The molecule has 0 aliphatic rings. The molecular weight excluding hydrogens is 436 g/mol. The van der Waals surface area contributed by atoms with Gasteiger partial charge in [0.1, 0.15) is 5.75 Å². The molecule has 146 valence electrons. The third kappa shape index (κ3) is 5.45. The first-order valence-electron chi connectivity index (χ1n) is 9.16. The number of thioether (sulfide) groups is 1. The van der Waals surface area contributed by atoms with Crippen LogP contribution in [0.5, 0.6) is 5.75 Å². The Morgan fingerprint density at radius 3 is 2.46 bits per heavy atom. The number of nitrogens with zero attached hydrogens (tertiary/aromatic N) is 4. The third-order valence-corrected chi connectivity index (χ3v) is 5.47. The summed E-state index contributed by atoms with van der Waals surface area (Å²) < 4.78 is 8.40. The van der Waals surface area contributed by atoms with Gasteiger partial charge in [-0.25, -0.2) is 0 Å². The van der Waals surface area contributed by atoms with Crippen LogP contribution in [0.25, 0.3) is 0 Å². The molecule has 0 saturated heterocycles. The molecule has 0 radical (unpaired) electrons. The summed E-state index contributed by atoms with van der Waals surface area (Å²) in [4.78, 5) is 0. The molecule has 0 amide bonds. The number of aromatic nitrogens is 3. The van der Waals surface area contributed by atoms with E-state index < -0.39 is 0 Å². The van der Waals surface area contributed by atoms with E-state index in [1.165, 1.54) is 5.56 Å². The van der Waals surface area contributed by atoms with Crippen molar-refractivity contribution in [3.63, 3.8) is 0 Å². The van der Waals surface area contributed by atoms with Crippen molar-refractivity contribution >= 4 is 33.9 Å². The Hall–Kier alpha value is -2.12. The highest BCUT2D eigenvalue weighted by molar-refractivity contribution is 9.10. The molecule has 0 aliphatic carbocycles. The predicted octanol–water partition coefficient (Wildman–Crippen LogP) is 5.74. The van der Waals surface area contributed by atoms with Crippen LogP contribution in [0.15, 0.2) is 63.3 Å². The minimum atomic E-state index is 0.229. The molecular formula is C21H23BrN4OS. The van der Waals surface area contributed by atoms with Crippen molar-refractivity contribution < 1.29 is 4.74 Å². The lowest BCUT2D eigenvalue weighted by Gasteiger charge is -2.07. The molecule has 0 atom stereocenters. The van der Waals surface area contributed by atoms with Gasteiger partial charge in [-0.05, 0) is 54.4 Å². The zero-order chi connectivity index (χ0) is 19.9. The van der Waals surface area contributed by atoms with Crippen molar-refractivity contribution in [2.75, 3.05) is 6.61 Å². The topological polar surface area (TPSA) is 52.3 Å². The summed E-state index contributed by atoms with van der Waals surface area (Å²) in [5.74, 6) is 2.74. The largest absolute Gasteiger partial charge is 0.494 e. The molecule has 0 fully saturated rings. The van der Waals surface area contributed by atoms with Gasteiger partial charge in [0, 0.05) is 16.1 Å². The fourth-order valence-corrected chi connectivity index (χ4v) is 3.62. The first-order valence-corrected chi connectivity index (χ1v) is 10.9. The van der Waals surface area contributed by atoms with Crippen molar-refractivity contribution in [2.45, 2.75) is 37.6 Å². The lowest BCUT2D eigenvalue weighted by Crippen LogP contribution is -2.02. The van der Waals surface area contributed by atoms with E-state index in [0.29, 0.717) is 6.61 Å². The summed E-state index contributed by atoms with van der Waals surface area (Å²) in [5, 5.41) is 14.1. The van der Waals surface area contributed by atoms with Gasteiger partial charge in [-0.1, -0.05) is 53.7 Å². The van der Waals surface area contributed by atoms with Crippen LogP contribution >= 0.6 is 27.7 Å². The van der Waals surface area contributed by atoms with Crippen molar-refractivity contribution in [3.05, 3.63) is 70.0 Å². The molecule has 0 unspecified atom stereocenters. The lowest BCUT2D eigenvalue weighted by molar-refractivity contribution is 0.340. The molecule has 1 heterocycles. The van der Waals surface area contributed by atoms with Gasteiger partial charge < -0.3 is 4.74 Å². The van der Waals surface area contributed by atoms with Gasteiger partial charge in [0.15, 0.2) is 5.82 Å². The SMILES string of the molecule is CCOc1ccc(/C=N/n2c(SCc3ccc(Br)cc3)nnc2C(C)C)cc1. The quantitative estimate of drug-likeness (QED) is 0.319. The Morgan fingerprint density at radius 2 is 1.82 bits per heavy atom. The van der Waals surface area contributed by atoms with Crippen LogP contribution in [0.3, 0.4) is 0 Å². The normalized spacial score (nSPS) is 11.5. The Bertz CT molecular complexity index is 921. The van der Waals surface area contributed by atoms with Crippen LogP contribution < -0.4 is 4.74 Å². The number of hydrogen-bond donors (Lipinski definition) is 0. The second-order valence-electron chi connectivity index (χ2n) is 6.47. The van der Waals surface area contributed by atoms with Crippen LogP contribution in [0.4, 0.5) is 0 Å². The van der Waals surface area contributed by atoms with Crippen molar-refractivity contribution in [1.29, 1.82) is 0 Å². The fourth-order valence-electron chi connectivity index (χ4n) is 2.51. The van der Waals surface area contributed by atoms with E-state index in [4.69, 9.17) is 4.74 Å². The molecule has 3 rings (SSSR count). The first kappa shape index (κ1) is 20.6. The van der Waals surface area contributed by atoms with Gasteiger partial charge in [-0.3, -0.25) is 0 Å². The highest BCUT2D eigenvalue weighted by Crippen LogP contribution is 2.25. The molecule has 28 heavy (non-hydrogen) atoms. The molecule has 1 aromatic heterocycles. The molecule has 0 bridgehead atoms. The first-order chi connectivity index (χ1) is 13.6. The Kier molecular flexibility index (Phi) is 7.28. The average Bonchev–Trinajstić information content (AvgIpc) is 3.10. The lowest BCUT2D eigenvalue weighted by atomic mass is 10.2. The number of ether oxygens (including phenoxy) is 1. The Morgan fingerprint density at radius 1 is 1.11 bits per heavy atom. The minimum absolute atomic E-state index is 0.229. The second-order valence-corrected chi connectivity index (χ2v) is 8.33. The van der Waals surface area contributed by atoms with Gasteiger partial charge in [-0.15, -0.1) is 10.2 Å². The van der Waals surface area contributed by atoms with Gasteiger partial charge in [0.05, 0.1) is 12.8 Å². The summed E-state index contributed by atoms with van der Waals surface area (Å²) in [6, 6.07) is 16.2. The molecule has 7 heteroatoms. The van der Waals surface area contributed by atoms with E-state index in [2.05, 4.69) is 57.2 Å². The van der Waals surface area contributed by atoms with Crippen LogP contribution in [0.1, 0.15) is 43.6 Å². The van der Waals surface area contributed by atoms with Crippen molar-refractivity contribution in [2.24, 2.45) is 5.10 Å². The summed E-state index contributed by atoms with van der Waals surface area (Å²) in [5.41, 5.74) is 2.22. The standard InChI is InChI=1S/C21H23BrN4OS/c1-4-27-19-11-7-16(8-12-19)13-23-26-20(15(2)3)24-25-21(26)28-14-17-5-9-18(22)10-6-17/h5-13,15H,4,14H2,1-3H3/b23-13+. The van der Waals surface area contributed by atoms with Crippen molar-refractivity contribution in [1.82, 2.24) is 14.9 Å². The van der Waals surface area contributed by atoms with E-state index in [9.17, 15) is 0 Å². The molecule has 5 nitrogen and oxygen atoms in total. The Labute approximate surface area is 178 Å². The van der Waals surface area contributed by atoms with Crippen LogP contribution in [-0.2, 0) is 5.75 Å². The molecule has 0 N–H and O–H groups in total. The maximum Gasteiger partial charge on any atom is 0.212 e. The zero-order valence-electron chi connectivity index (χ0n) is 16.2. The summed E-state index contributed by atoms with van der Waals surface area (Å²) in [6.45, 7) is 6.82. The van der Waals surface area contributed by atoms with E-state index >= 15 is 0 Å². The van der Waals surface area contributed by atoms with Crippen LogP contribution in [0.2, 0.25) is 0 Å². The molecule has 0 spiro atoms. The third-order valence-electron chi connectivity index (χ3n) is 3.95. The molecule has 0 saturated carbocycles. The van der Waals surface area contributed by atoms with E-state index in [-0.39, 0.29) is 5.92 Å². The van der Waals surface area contributed by atoms with Crippen LogP contribution in [0, 0.1) is 0 Å². The molecule has 2 aromatic carbocycles. The molecule has 3 aromatic rings. The minimum Gasteiger partial charge on any atom is -0.494 e. The van der Waals surface area contributed by atoms with Gasteiger partial charge >= 0.3 is 0 Å². The average molecular weight is 459 g/mol. The highest BCUT2D eigenvalue weighted by Gasteiger charge is 2.15. The predicted molar refractivity (Wildman–Crippen MR) is 118 cm³/mol. The fraction of sp³-hybridized carbons (Fsp3) is 0.286. The monoisotopic (exact) mass is 458 g/mol. The van der Waals surface area contributed by atoms with E-state index in [1.807, 2.05) is 54.2 Å². The van der Waals surface area contributed by atoms with Gasteiger partial charge in [-0.2, -0.15) is 9.78 Å². The Balaban J connectivity index is 1.78. The van der Waals surface area contributed by atoms with Gasteiger partial charge in [0.2, 0.25) is 5.16 Å².